The summed E-state index contributed by atoms with van der Waals surface area (Å²) < 4.78 is 19.9. The number of esters is 1. The Bertz CT molecular complexity index is 1230. The van der Waals surface area contributed by atoms with E-state index in [9.17, 15) is 14.0 Å². The van der Waals surface area contributed by atoms with Crippen molar-refractivity contribution in [2.24, 2.45) is 7.05 Å². The Balaban J connectivity index is 1.65. The van der Waals surface area contributed by atoms with Crippen LogP contribution in [0.4, 0.5) is 9.52 Å². The van der Waals surface area contributed by atoms with Gasteiger partial charge >= 0.3 is 5.97 Å². The van der Waals surface area contributed by atoms with Crippen LogP contribution in [0.25, 0.3) is 21.0 Å². The number of anilines is 1. The number of nitrogens with one attached hydrogen (secondary N) is 1. The van der Waals surface area contributed by atoms with E-state index in [1.54, 1.807) is 19.2 Å². The molecule has 10 heteroatoms. The fourth-order valence-electron chi connectivity index (χ4n) is 2.82. The lowest BCUT2D eigenvalue weighted by atomic mass is 10.1. The molecule has 0 aliphatic carbocycles. The molecule has 0 atom stereocenters. The molecular weight excluding hydrogens is 427 g/mol. The number of halogens is 1. The van der Waals surface area contributed by atoms with Crippen molar-refractivity contribution >= 4 is 39.7 Å². The van der Waals surface area contributed by atoms with Crippen LogP contribution < -0.4 is 5.32 Å². The maximum atomic E-state index is 13.7. The molecule has 0 radical (unpaired) electrons. The number of nitrogens with zero attached hydrogens (tertiary/aromatic N) is 3. The summed E-state index contributed by atoms with van der Waals surface area (Å²) in [5.74, 6) is -1.55. The van der Waals surface area contributed by atoms with Crippen LogP contribution in [0.15, 0.2) is 47.8 Å². The quantitative estimate of drug-likeness (QED) is 0.462. The number of carbonyl (C=O) groups excluding carboxylic acids is 2. The van der Waals surface area contributed by atoms with Gasteiger partial charge in [-0.25, -0.2) is 14.2 Å². The van der Waals surface area contributed by atoms with Crippen LogP contribution in [0.5, 0.6) is 0 Å². The predicted octanol–water partition coefficient (Wildman–Crippen LogP) is 4.45. The van der Waals surface area contributed by atoms with Gasteiger partial charge in [0.2, 0.25) is 0 Å². The molecule has 7 nitrogen and oxygen atoms in total. The third-order valence-electron chi connectivity index (χ3n) is 4.20. The van der Waals surface area contributed by atoms with Gasteiger partial charge in [0.15, 0.2) is 10.8 Å². The van der Waals surface area contributed by atoms with Crippen LogP contribution in [0.2, 0.25) is 0 Å². The number of carbonyl (C=O) groups is 2. The Kier molecular flexibility index (Phi) is 5.42. The number of hydrogen-bond acceptors (Lipinski definition) is 7. The van der Waals surface area contributed by atoms with Gasteiger partial charge in [-0.1, -0.05) is 29.5 Å². The van der Waals surface area contributed by atoms with Crippen molar-refractivity contribution in [3.8, 4) is 21.0 Å². The van der Waals surface area contributed by atoms with Gasteiger partial charge in [0.25, 0.3) is 5.91 Å². The summed E-state index contributed by atoms with van der Waals surface area (Å²) in [6.45, 7) is 0. The number of benzene rings is 1. The molecule has 0 saturated heterocycles. The van der Waals surface area contributed by atoms with Gasteiger partial charge in [0.1, 0.15) is 17.2 Å². The summed E-state index contributed by atoms with van der Waals surface area (Å²) in [5, 5.41) is 9.19. The van der Waals surface area contributed by atoms with E-state index in [2.05, 4.69) is 15.4 Å². The van der Waals surface area contributed by atoms with Crippen LogP contribution in [-0.2, 0) is 11.8 Å². The van der Waals surface area contributed by atoms with E-state index in [1.165, 1.54) is 41.3 Å². The molecule has 0 aliphatic heterocycles. The summed E-state index contributed by atoms with van der Waals surface area (Å²) >= 11 is 2.58. The zero-order valence-corrected chi connectivity index (χ0v) is 17.5. The highest BCUT2D eigenvalue weighted by Gasteiger charge is 2.23. The van der Waals surface area contributed by atoms with Crippen LogP contribution in [0.1, 0.15) is 21.0 Å². The van der Waals surface area contributed by atoms with Crippen molar-refractivity contribution in [2.45, 2.75) is 0 Å². The molecule has 0 bridgehead atoms. The van der Waals surface area contributed by atoms with E-state index in [4.69, 9.17) is 4.74 Å². The molecule has 4 rings (SSSR count). The van der Waals surface area contributed by atoms with Gasteiger partial charge in [0.05, 0.1) is 16.9 Å². The normalized spacial score (nSPS) is 10.8. The molecule has 0 aliphatic rings. The molecule has 1 amide bonds. The summed E-state index contributed by atoms with van der Waals surface area (Å²) in [7, 11) is 2.91. The third kappa shape index (κ3) is 3.87. The van der Waals surface area contributed by atoms with Crippen LogP contribution >= 0.6 is 22.7 Å². The molecule has 0 unspecified atom stereocenters. The van der Waals surface area contributed by atoms with Gasteiger partial charge in [0, 0.05) is 7.05 Å². The van der Waals surface area contributed by atoms with Crippen LogP contribution in [-0.4, -0.2) is 33.8 Å². The number of aryl methyl sites for hydroxylation is 1. The van der Waals surface area contributed by atoms with Crippen molar-refractivity contribution in [3.63, 3.8) is 0 Å². The second kappa shape index (κ2) is 8.17. The van der Waals surface area contributed by atoms with Gasteiger partial charge in [-0.2, -0.15) is 5.10 Å². The number of ether oxygens (including phenoxy) is 1. The zero-order chi connectivity index (χ0) is 21.3. The topological polar surface area (TPSA) is 86.1 Å². The number of thiazole rings is 1. The second-order valence-corrected chi connectivity index (χ2v) is 8.12. The molecule has 3 heterocycles. The fraction of sp³-hybridized carbons (Fsp3) is 0.100. The predicted molar refractivity (Wildman–Crippen MR) is 113 cm³/mol. The van der Waals surface area contributed by atoms with E-state index in [-0.39, 0.29) is 10.8 Å². The lowest BCUT2D eigenvalue weighted by Gasteiger charge is -2.01. The SMILES string of the molecule is COC(=O)c1nc(NC(=O)c2cc(-c3cccs3)nn2C)sc1-c1cccc(F)c1. The Labute approximate surface area is 178 Å². The average Bonchev–Trinajstić information content (AvgIpc) is 3.46. The largest absolute Gasteiger partial charge is 0.464 e. The van der Waals surface area contributed by atoms with Gasteiger partial charge in [-0.15, -0.1) is 11.3 Å². The first kappa shape index (κ1) is 19.9. The van der Waals surface area contributed by atoms with Crippen LogP contribution in [0.3, 0.4) is 0 Å². The highest BCUT2D eigenvalue weighted by Crippen LogP contribution is 2.34. The lowest BCUT2D eigenvalue weighted by Crippen LogP contribution is -2.16. The minimum absolute atomic E-state index is 0.00711. The number of amides is 1. The van der Waals surface area contributed by atoms with E-state index >= 15 is 0 Å². The van der Waals surface area contributed by atoms with Gasteiger partial charge < -0.3 is 4.74 Å². The van der Waals surface area contributed by atoms with Crippen molar-refractivity contribution in [1.29, 1.82) is 0 Å². The number of aromatic nitrogens is 3. The highest BCUT2D eigenvalue weighted by molar-refractivity contribution is 7.19. The first-order valence-corrected chi connectivity index (χ1v) is 10.4. The molecule has 3 aromatic heterocycles. The van der Waals surface area contributed by atoms with E-state index in [0.29, 0.717) is 21.8 Å². The fourth-order valence-corrected chi connectivity index (χ4v) is 4.45. The molecule has 0 fully saturated rings. The Morgan fingerprint density at radius 2 is 2.03 bits per heavy atom. The summed E-state index contributed by atoms with van der Waals surface area (Å²) in [4.78, 5) is 30.5. The third-order valence-corrected chi connectivity index (χ3v) is 6.11. The molecule has 1 N–H and O–H groups in total. The standard InChI is InChI=1S/C20H15FN4O3S2/c1-25-14(10-13(24-25)15-7-4-8-29-15)18(26)23-20-22-16(19(27)28-2)17(30-20)11-5-3-6-12(21)9-11/h3-10H,1-2H3,(H,22,23,26). The first-order chi connectivity index (χ1) is 14.5. The molecule has 4 aromatic rings. The second-order valence-electron chi connectivity index (χ2n) is 6.17. The van der Waals surface area contributed by atoms with Crippen LogP contribution in [0, 0.1) is 5.82 Å². The van der Waals surface area contributed by atoms with Crippen molar-refractivity contribution in [3.05, 3.63) is 65.0 Å². The Hall–Kier alpha value is -3.37. The van der Waals surface area contributed by atoms with Crippen molar-refractivity contribution in [1.82, 2.24) is 14.8 Å². The molecule has 0 saturated carbocycles. The summed E-state index contributed by atoms with van der Waals surface area (Å²) in [6, 6.07) is 11.3. The van der Waals surface area contributed by atoms with E-state index in [1.807, 2.05) is 17.5 Å². The van der Waals surface area contributed by atoms with Gasteiger partial charge in [-0.05, 0) is 35.2 Å². The summed E-state index contributed by atoms with van der Waals surface area (Å²) in [5.41, 5.74) is 1.50. The van der Waals surface area contributed by atoms with Crippen molar-refractivity contribution < 1.29 is 18.7 Å². The number of methoxy groups -OCH3 is 1. The Morgan fingerprint density at radius 3 is 2.73 bits per heavy atom. The number of hydrogen-bond donors (Lipinski definition) is 1. The average molecular weight is 442 g/mol. The lowest BCUT2D eigenvalue weighted by molar-refractivity contribution is 0.0595. The zero-order valence-electron chi connectivity index (χ0n) is 15.9. The molecular formula is C20H15FN4O3S2. The monoisotopic (exact) mass is 442 g/mol. The summed E-state index contributed by atoms with van der Waals surface area (Å²) in [6.07, 6.45) is 0. The van der Waals surface area contributed by atoms with Crippen molar-refractivity contribution in [2.75, 3.05) is 12.4 Å². The van der Waals surface area contributed by atoms with Gasteiger partial charge in [-0.3, -0.25) is 14.8 Å². The maximum absolute atomic E-state index is 13.7. The molecule has 152 valence electrons. The maximum Gasteiger partial charge on any atom is 0.358 e. The number of thiophene rings is 1. The van der Waals surface area contributed by atoms with E-state index < -0.39 is 17.7 Å². The highest BCUT2D eigenvalue weighted by atomic mass is 32.1. The minimum atomic E-state index is -0.675. The minimum Gasteiger partial charge on any atom is -0.464 e. The number of rotatable bonds is 5. The molecule has 0 spiro atoms. The first-order valence-electron chi connectivity index (χ1n) is 8.70. The Morgan fingerprint density at radius 1 is 1.20 bits per heavy atom. The molecule has 30 heavy (non-hydrogen) atoms. The van der Waals surface area contributed by atoms with E-state index in [0.717, 1.165) is 16.2 Å². The molecule has 1 aromatic carbocycles. The smallest absolute Gasteiger partial charge is 0.358 e.